The minimum atomic E-state index is -0.505. The van der Waals surface area contributed by atoms with E-state index in [1.807, 2.05) is 25.1 Å². The summed E-state index contributed by atoms with van der Waals surface area (Å²) in [4.78, 5) is 8.92. The molecule has 0 unspecified atom stereocenters. The summed E-state index contributed by atoms with van der Waals surface area (Å²) in [5, 5.41) is 4.00. The van der Waals surface area contributed by atoms with E-state index in [1.54, 1.807) is 19.2 Å². The van der Waals surface area contributed by atoms with Crippen molar-refractivity contribution in [3.8, 4) is 11.4 Å². The summed E-state index contributed by atoms with van der Waals surface area (Å²) in [7, 11) is 1.78. The molecule has 0 aliphatic heterocycles. The van der Waals surface area contributed by atoms with Crippen LogP contribution >= 0.6 is 11.6 Å². The van der Waals surface area contributed by atoms with Crippen LogP contribution in [-0.2, 0) is 0 Å². The molecule has 21 heavy (non-hydrogen) atoms. The summed E-state index contributed by atoms with van der Waals surface area (Å²) in [5.74, 6) is 0.480. The summed E-state index contributed by atoms with van der Waals surface area (Å²) in [6.45, 7) is 1.97. The molecule has 1 N–H and O–H groups in total. The number of aryl methyl sites for hydroxylation is 1. The van der Waals surface area contributed by atoms with Gasteiger partial charge in [0.1, 0.15) is 5.82 Å². The molecular weight excluding hydrogens is 289 g/mol. The molecule has 1 heterocycles. The van der Waals surface area contributed by atoms with Gasteiger partial charge < -0.3 is 5.32 Å². The maximum Gasteiger partial charge on any atom is 0.165 e. The van der Waals surface area contributed by atoms with Crippen molar-refractivity contribution >= 4 is 28.3 Å². The first kappa shape index (κ1) is 13.8. The highest BCUT2D eigenvalue weighted by atomic mass is 35.5. The van der Waals surface area contributed by atoms with Gasteiger partial charge in [0.25, 0.3) is 0 Å². The standard InChI is InChI=1S/C16H13ClFN3/c1-9-5-3-7-11-14(9)20-16(21-15(11)19-2)10-6-4-8-12(17)13(10)18/h3-8H,1-2H3,(H,19,20,21). The van der Waals surface area contributed by atoms with E-state index in [2.05, 4.69) is 15.3 Å². The van der Waals surface area contributed by atoms with Gasteiger partial charge in [-0.3, -0.25) is 0 Å². The fraction of sp³-hybridized carbons (Fsp3) is 0.125. The maximum absolute atomic E-state index is 14.2. The molecule has 1 aromatic heterocycles. The number of halogens is 2. The zero-order chi connectivity index (χ0) is 15.0. The lowest BCUT2D eigenvalue weighted by Gasteiger charge is -2.10. The SMILES string of the molecule is CNc1nc(-c2cccc(Cl)c2F)nc2c(C)cccc12. The van der Waals surface area contributed by atoms with Gasteiger partial charge in [-0.2, -0.15) is 0 Å². The number of fused-ring (bicyclic) bond motifs is 1. The monoisotopic (exact) mass is 301 g/mol. The topological polar surface area (TPSA) is 37.8 Å². The van der Waals surface area contributed by atoms with Crippen molar-refractivity contribution in [1.82, 2.24) is 9.97 Å². The van der Waals surface area contributed by atoms with Gasteiger partial charge in [-0.1, -0.05) is 29.8 Å². The highest BCUT2D eigenvalue weighted by Gasteiger charge is 2.14. The zero-order valence-corrected chi connectivity index (χ0v) is 12.4. The van der Waals surface area contributed by atoms with Crippen LogP contribution in [0, 0.1) is 12.7 Å². The van der Waals surface area contributed by atoms with Crippen LogP contribution in [0.5, 0.6) is 0 Å². The number of hydrogen-bond acceptors (Lipinski definition) is 3. The second kappa shape index (κ2) is 5.30. The molecule has 2 aromatic carbocycles. The van der Waals surface area contributed by atoms with Gasteiger partial charge in [0.15, 0.2) is 11.6 Å². The smallest absolute Gasteiger partial charge is 0.165 e. The van der Waals surface area contributed by atoms with Crippen molar-refractivity contribution in [3.05, 3.63) is 52.8 Å². The van der Waals surface area contributed by atoms with E-state index in [-0.39, 0.29) is 5.02 Å². The summed E-state index contributed by atoms with van der Waals surface area (Å²) >= 11 is 5.84. The highest BCUT2D eigenvalue weighted by molar-refractivity contribution is 6.31. The summed E-state index contributed by atoms with van der Waals surface area (Å²) < 4.78 is 14.2. The Morgan fingerprint density at radius 1 is 1.10 bits per heavy atom. The number of para-hydroxylation sites is 1. The normalized spacial score (nSPS) is 10.9. The van der Waals surface area contributed by atoms with E-state index >= 15 is 0 Å². The van der Waals surface area contributed by atoms with Crippen molar-refractivity contribution in [1.29, 1.82) is 0 Å². The van der Waals surface area contributed by atoms with E-state index in [9.17, 15) is 4.39 Å². The first-order valence-corrected chi connectivity index (χ1v) is 6.89. The maximum atomic E-state index is 14.2. The number of nitrogens with zero attached hydrogens (tertiary/aromatic N) is 2. The molecule has 3 aromatic rings. The Balaban J connectivity index is 2.34. The molecule has 5 heteroatoms. The molecular formula is C16H13ClFN3. The Hall–Kier alpha value is -2.20. The predicted octanol–water partition coefficient (Wildman–Crippen LogP) is 4.44. The second-order valence-electron chi connectivity index (χ2n) is 4.72. The van der Waals surface area contributed by atoms with E-state index < -0.39 is 5.82 Å². The predicted molar refractivity (Wildman–Crippen MR) is 84.2 cm³/mol. The molecule has 0 saturated carbocycles. The average Bonchev–Trinajstić information content (AvgIpc) is 2.49. The van der Waals surface area contributed by atoms with Crippen LogP contribution in [0.15, 0.2) is 36.4 Å². The molecule has 0 radical (unpaired) electrons. The van der Waals surface area contributed by atoms with Gasteiger partial charge in [0.05, 0.1) is 16.1 Å². The van der Waals surface area contributed by atoms with Gasteiger partial charge in [-0.25, -0.2) is 14.4 Å². The molecule has 0 atom stereocenters. The van der Waals surface area contributed by atoms with Gasteiger partial charge in [0, 0.05) is 12.4 Å². The Bertz CT molecular complexity index is 833. The summed E-state index contributed by atoms with van der Waals surface area (Å²) in [6, 6.07) is 10.7. The van der Waals surface area contributed by atoms with Gasteiger partial charge in [-0.05, 0) is 30.7 Å². The summed E-state index contributed by atoms with van der Waals surface area (Å²) in [5.41, 5.74) is 2.10. The molecule has 0 saturated heterocycles. The number of anilines is 1. The fourth-order valence-corrected chi connectivity index (χ4v) is 2.46. The number of aromatic nitrogens is 2. The Morgan fingerprint density at radius 2 is 1.86 bits per heavy atom. The first-order valence-electron chi connectivity index (χ1n) is 6.51. The number of nitrogens with one attached hydrogen (secondary N) is 1. The van der Waals surface area contributed by atoms with Crippen molar-refractivity contribution in [2.45, 2.75) is 6.92 Å². The van der Waals surface area contributed by atoms with E-state index in [0.717, 1.165) is 16.5 Å². The van der Waals surface area contributed by atoms with E-state index in [1.165, 1.54) is 6.07 Å². The van der Waals surface area contributed by atoms with Crippen molar-refractivity contribution in [2.75, 3.05) is 12.4 Å². The quantitative estimate of drug-likeness (QED) is 0.760. The third-order valence-electron chi connectivity index (χ3n) is 3.36. The molecule has 0 bridgehead atoms. The van der Waals surface area contributed by atoms with Crippen LogP contribution in [0.25, 0.3) is 22.3 Å². The molecule has 0 aliphatic rings. The van der Waals surface area contributed by atoms with Crippen molar-refractivity contribution in [3.63, 3.8) is 0 Å². The Labute approximate surface area is 126 Å². The van der Waals surface area contributed by atoms with Crippen molar-refractivity contribution < 1.29 is 4.39 Å². The van der Waals surface area contributed by atoms with Crippen LogP contribution in [0.3, 0.4) is 0 Å². The number of hydrogen-bond donors (Lipinski definition) is 1. The van der Waals surface area contributed by atoms with Crippen LogP contribution < -0.4 is 5.32 Å². The lowest BCUT2D eigenvalue weighted by Crippen LogP contribution is -2.01. The highest BCUT2D eigenvalue weighted by Crippen LogP contribution is 2.29. The second-order valence-corrected chi connectivity index (χ2v) is 5.13. The van der Waals surface area contributed by atoms with Crippen LogP contribution in [-0.4, -0.2) is 17.0 Å². The molecule has 3 nitrogen and oxygen atoms in total. The molecule has 0 aliphatic carbocycles. The minimum absolute atomic E-state index is 0.0620. The van der Waals surface area contributed by atoms with Crippen LogP contribution in [0.2, 0.25) is 5.02 Å². The van der Waals surface area contributed by atoms with Gasteiger partial charge in [0.2, 0.25) is 0 Å². The largest absolute Gasteiger partial charge is 0.373 e. The lowest BCUT2D eigenvalue weighted by molar-refractivity contribution is 0.630. The number of benzene rings is 2. The van der Waals surface area contributed by atoms with Crippen LogP contribution in [0.1, 0.15) is 5.56 Å². The van der Waals surface area contributed by atoms with Gasteiger partial charge >= 0.3 is 0 Å². The minimum Gasteiger partial charge on any atom is -0.373 e. The average molecular weight is 302 g/mol. The van der Waals surface area contributed by atoms with E-state index in [4.69, 9.17) is 11.6 Å². The molecule has 0 fully saturated rings. The molecule has 0 spiro atoms. The molecule has 3 rings (SSSR count). The molecule has 106 valence electrons. The molecule has 0 amide bonds. The number of rotatable bonds is 2. The van der Waals surface area contributed by atoms with Crippen LogP contribution in [0.4, 0.5) is 10.2 Å². The van der Waals surface area contributed by atoms with Gasteiger partial charge in [-0.15, -0.1) is 0 Å². The zero-order valence-electron chi connectivity index (χ0n) is 11.6. The Morgan fingerprint density at radius 3 is 2.62 bits per heavy atom. The Kier molecular flexibility index (Phi) is 3.47. The third-order valence-corrected chi connectivity index (χ3v) is 3.65. The first-order chi connectivity index (χ1) is 10.1. The lowest BCUT2D eigenvalue weighted by atomic mass is 10.1. The third kappa shape index (κ3) is 2.32. The summed E-state index contributed by atoms with van der Waals surface area (Å²) in [6.07, 6.45) is 0. The fourth-order valence-electron chi connectivity index (χ4n) is 2.28. The van der Waals surface area contributed by atoms with Crippen molar-refractivity contribution in [2.24, 2.45) is 0 Å². The van der Waals surface area contributed by atoms with E-state index in [0.29, 0.717) is 17.2 Å².